The van der Waals surface area contributed by atoms with Gasteiger partial charge in [0.05, 0.1) is 36.1 Å². The van der Waals surface area contributed by atoms with Crippen LogP contribution < -0.4 is 10.7 Å². The average molecular weight is 955 g/mol. The summed E-state index contributed by atoms with van der Waals surface area (Å²) in [7, 11) is 5.51. The molecule has 0 radical (unpaired) electrons. The SMILES string of the molecule is CCn1c(-c2cccnc2[C@H](C)OC)c2c3cc(ccc31)-c1cccc(c1)C[C@H](NC(=O)[C@H](C(C)C)N(C)C(=O)[C@H]1CCN(C(C)C#CC3CN(C)C3)C1)C(=O)N1CCC[C@H](N1)C(=O)OCC(C)(C)C2. The molecular weight excluding hydrogens is 881 g/mol. The molecule has 3 saturated heterocycles. The molecule has 1 unspecified atom stereocenters. The lowest BCUT2D eigenvalue weighted by Crippen LogP contribution is -2.62. The topological polar surface area (TPSA) is 142 Å². The Morgan fingerprint density at radius 2 is 1.79 bits per heavy atom. The predicted octanol–water partition coefficient (Wildman–Crippen LogP) is 6.50. The zero-order chi connectivity index (χ0) is 50.0. The van der Waals surface area contributed by atoms with E-state index in [1.807, 2.05) is 39.0 Å². The van der Waals surface area contributed by atoms with E-state index in [-0.39, 0.29) is 48.8 Å². The quantitative estimate of drug-likeness (QED) is 0.134. The fourth-order valence-corrected chi connectivity index (χ4v) is 11.1. The number of aromatic nitrogens is 2. The number of carbonyl (C=O) groups is 4. The molecule has 2 N–H and O–H groups in total. The molecular formula is C56H74N8O6. The minimum atomic E-state index is -1.01. The number of likely N-dealkylation sites (N-methyl/N-ethyl adjacent to an activating group) is 1. The molecule has 4 aliphatic heterocycles. The van der Waals surface area contributed by atoms with Crippen molar-refractivity contribution in [1.82, 2.24) is 40.0 Å². The highest BCUT2D eigenvalue weighted by molar-refractivity contribution is 5.96. The number of fused-ring (bicyclic) bond motifs is 6. The number of aryl methyl sites for hydroxylation is 1. The van der Waals surface area contributed by atoms with Crippen molar-refractivity contribution >= 4 is 34.6 Å². The van der Waals surface area contributed by atoms with Crippen LogP contribution in [0, 0.1) is 35.0 Å². The van der Waals surface area contributed by atoms with E-state index >= 15 is 0 Å². The van der Waals surface area contributed by atoms with Crippen LogP contribution in [0.25, 0.3) is 33.3 Å². The number of rotatable bonds is 10. The Morgan fingerprint density at radius 3 is 2.51 bits per heavy atom. The first-order chi connectivity index (χ1) is 33.5. The maximum absolute atomic E-state index is 14.8. The van der Waals surface area contributed by atoms with Gasteiger partial charge in [0.15, 0.2) is 0 Å². The first kappa shape index (κ1) is 50.8. The van der Waals surface area contributed by atoms with E-state index in [4.69, 9.17) is 14.5 Å². The van der Waals surface area contributed by atoms with Gasteiger partial charge in [0.2, 0.25) is 11.8 Å². The van der Waals surface area contributed by atoms with E-state index < -0.39 is 35.4 Å². The molecule has 14 nitrogen and oxygen atoms in total. The summed E-state index contributed by atoms with van der Waals surface area (Å²) >= 11 is 0. The van der Waals surface area contributed by atoms with E-state index in [1.54, 1.807) is 25.3 Å². The largest absolute Gasteiger partial charge is 0.464 e. The number of likely N-dealkylation sites (tertiary alicyclic amines) is 2. The summed E-state index contributed by atoms with van der Waals surface area (Å²) in [5.74, 6) is 5.44. The Hall–Kier alpha value is -5.59. The molecule has 2 aromatic heterocycles. The van der Waals surface area contributed by atoms with Gasteiger partial charge >= 0.3 is 5.97 Å². The third-order valence-corrected chi connectivity index (χ3v) is 15.0. The molecule has 3 fully saturated rings. The number of nitrogens with zero attached hydrogens (tertiary/aromatic N) is 6. The zero-order valence-electron chi connectivity index (χ0n) is 43.0. The highest BCUT2D eigenvalue weighted by Crippen LogP contribution is 2.42. The lowest BCUT2D eigenvalue weighted by molar-refractivity contribution is -0.155. The Balaban J connectivity index is 1.12. The first-order valence-electron chi connectivity index (χ1n) is 25.4. The molecule has 70 heavy (non-hydrogen) atoms. The van der Waals surface area contributed by atoms with Crippen LogP contribution in [0.3, 0.4) is 0 Å². The fourth-order valence-electron chi connectivity index (χ4n) is 11.1. The minimum Gasteiger partial charge on any atom is -0.464 e. The predicted molar refractivity (Wildman–Crippen MR) is 273 cm³/mol. The maximum Gasteiger partial charge on any atom is 0.324 e. The van der Waals surface area contributed by atoms with Crippen molar-refractivity contribution in [2.24, 2.45) is 23.2 Å². The van der Waals surface area contributed by atoms with Gasteiger partial charge in [0.25, 0.3) is 5.91 Å². The Bertz CT molecular complexity index is 2640. The smallest absolute Gasteiger partial charge is 0.324 e. The molecule has 6 bridgehead atoms. The van der Waals surface area contributed by atoms with Crippen LogP contribution in [0.1, 0.15) is 90.7 Å². The first-order valence-corrected chi connectivity index (χ1v) is 25.4. The van der Waals surface area contributed by atoms with E-state index in [1.165, 1.54) is 5.01 Å². The Labute approximate surface area is 414 Å². The summed E-state index contributed by atoms with van der Waals surface area (Å²) in [6.07, 6.45) is 4.09. The number of hydrogen-bond acceptors (Lipinski definition) is 10. The van der Waals surface area contributed by atoms with Gasteiger partial charge in [-0.25, -0.2) is 5.43 Å². The van der Waals surface area contributed by atoms with Crippen molar-refractivity contribution in [3.05, 3.63) is 77.6 Å². The van der Waals surface area contributed by atoms with Gasteiger partial charge < -0.3 is 29.2 Å². The summed E-state index contributed by atoms with van der Waals surface area (Å²) in [6, 6.07) is 16.2. The van der Waals surface area contributed by atoms with Crippen molar-refractivity contribution < 1.29 is 28.7 Å². The summed E-state index contributed by atoms with van der Waals surface area (Å²) in [5, 5.41) is 5.71. The molecule has 374 valence electrons. The molecule has 8 rings (SSSR count). The lowest BCUT2D eigenvalue weighted by atomic mass is 9.84. The molecule has 14 heteroatoms. The molecule has 0 aliphatic carbocycles. The molecule has 4 aliphatic rings. The maximum atomic E-state index is 14.8. The standard InChI is InChI=1S/C56H74N8O6/c1-11-63-48-22-21-41-29-44(48)45(51(63)43-17-13-24-57-49(43)37(5)69-10)30-56(6,7)34-70-55(68)46-18-14-25-64(59-46)54(67)47(28-38-15-12-16-40(41)27-38)58-52(65)50(35(2)3)61(9)53(66)42-23-26-62(33-42)36(4)19-20-39-31-60(8)32-39/h12-13,15-17,21-22,24,27,29,35-37,39,42,46-47,50,59H,11,14,18,23,25-26,28,30-34H2,1-10H3,(H,58,65)/t36?,37-,42-,46-,47-,50-/m0/s1. The van der Waals surface area contributed by atoms with Crippen LogP contribution in [0.4, 0.5) is 0 Å². The summed E-state index contributed by atoms with van der Waals surface area (Å²) in [4.78, 5) is 68.7. The van der Waals surface area contributed by atoms with Crippen LogP contribution in [0.5, 0.6) is 0 Å². The van der Waals surface area contributed by atoms with Gasteiger partial charge in [-0.2, -0.15) is 0 Å². The molecule has 0 saturated carbocycles. The van der Waals surface area contributed by atoms with E-state index in [9.17, 15) is 19.2 Å². The minimum absolute atomic E-state index is 0.0319. The number of pyridine rings is 1. The van der Waals surface area contributed by atoms with Crippen LogP contribution in [0.15, 0.2) is 60.8 Å². The fraction of sp³-hybridized carbons (Fsp3) is 0.554. The summed E-state index contributed by atoms with van der Waals surface area (Å²) < 4.78 is 14.3. The number of benzene rings is 2. The molecule has 2 aromatic carbocycles. The highest BCUT2D eigenvalue weighted by atomic mass is 16.5. The van der Waals surface area contributed by atoms with Gasteiger partial charge in [0, 0.05) is 93.8 Å². The number of nitrogens with one attached hydrogen (secondary N) is 2. The van der Waals surface area contributed by atoms with Gasteiger partial charge in [0.1, 0.15) is 18.1 Å². The normalized spacial score (nSPS) is 22.6. The van der Waals surface area contributed by atoms with E-state index in [2.05, 4.69) is 108 Å². The number of hydrogen-bond donors (Lipinski definition) is 2. The molecule has 0 spiro atoms. The number of cyclic esters (lactones) is 1. The van der Waals surface area contributed by atoms with Crippen molar-refractivity contribution in [3.63, 3.8) is 0 Å². The number of esters is 1. The second kappa shape index (κ2) is 21.4. The monoisotopic (exact) mass is 955 g/mol. The van der Waals surface area contributed by atoms with E-state index in [0.29, 0.717) is 51.2 Å². The molecule has 6 heterocycles. The second-order valence-corrected chi connectivity index (χ2v) is 21.3. The number of hydrazine groups is 1. The van der Waals surface area contributed by atoms with Crippen molar-refractivity contribution in [2.75, 3.05) is 60.5 Å². The van der Waals surface area contributed by atoms with Crippen molar-refractivity contribution in [2.45, 2.75) is 117 Å². The summed E-state index contributed by atoms with van der Waals surface area (Å²) in [6.45, 7) is 18.9. The van der Waals surface area contributed by atoms with Gasteiger partial charge in [-0.05, 0) is 106 Å². The van der Waals surface area contributed by atoms with Gasteiger partial charge in [-0.15, -0.1) is 0 Å². The third-order valence-electron chi connectivity index (χ3n) is 15.0. The lowest BCUT2D eigenvalue weighted by Gasteiger charge is -2.37. The zero-order valence-corrected chi connectivity index (χ0v) is 43.0. The van der Waals surface area contributed by atoms with Crippen LogP contribution in [0.2, 0.25) is 0 Å². The average Bonchev–Trinajstić information content (AvgIpc) is 3.96. The molecule has 4 aromatic rings. The van der Waals surface area contributed by atoms with Crippen molar-refractivity contribution in [3.8, 4) is 34.2 Å². The number of methoxy groups -OCH3 is 1. The highest BCUT2D eigenvalue weighted by Gasteiger charge is 2.40. The molecule has 3 amide bonds. The van der Waals surface area contributed by atoms with E-state index in [0.717, 1.165) is 69.7 Å². The van der Waals surface area contributed by atoms with Gasteiger partial charge in [-0.3, -0.25) is 34.1 Å². The van der Waals surface area contributed by atoms with Crippen LogP contribution in [-0.4, -0.2) is 138 Å². The summed E-state index contributed by atoms with van der Waals surface area (Å²) in [5.41, 5.74) is 10.7. The molecule has 6 atom stereocenters. The number of amides is 3. The van der Waals surface area contributed by atoms with Crippen molar-refractivity contribution in [1.29, 1.82) is 0 Å². The Kier molecular flexibility index (Phi) is 15.5. The second-order valence-electron chi connectivity index (χ2n) is 21.3. The Morgan fingerprint density at radius 1 is 1.01 bits per heavy atom. The number of carbonyl (C=O) groups excluding carboxylic acids is 4. The number of ether oxygens (including phenoxy) is 2. The van der Waals surface area contributed by atoms with Crippen LogP contribution >= 0.6 is 0 Å². The third kappa shape index (κ3) is 10.8. The van der Waals surface area contributed by atoms with Crippen LogP contribution in [-0.2, 0) is 48.0 Å². The van der Waals surface area contributed by atoms with Gasteiger partial charge in [-0.1, -0.05) is 69.9 Å².